The van der Waals surface area contributed by atoms with Crippen LogP contribution in [-0.2, 0) is 25.4 Å². The number of aromatic nitrogens is 4. The molecule has 45 heavy (non-hydrogen) atoms. The molecule has 2 unspecified atom stereocenters. The number of aromatic amines is 4. The molecule has 0 spiro atoms. The van der Waals surface area contributed by atoms with Gasteiger partial charge in [0.1, 0.15) is 12.2 Å². The third-order valence-corrected chi connectivity index (χ3v) is 9.62. The molecule has 0 saturated carbocycles. The number of hydrogen-bond donors (Lipinski definition) is 4. The van der Waals surface area contributed by atoms with E-state index in [1.165, 1.54) is 0 Å². The number of epoxide rings is 2. The first kappa shape index (κ1) is 25.3. The second kappa shape index (κ2) is 9.22. The fraction of sp³-hybridized carbons (Fsp3) is 0.158. The zero-order chi connectivity index (χ0) is 29.6. The van der Waals surface area contributed by atoms with E-state index in [9.17, 15) is 0 Å². The van der Waals surface area contributed by atoms with E-state index in [1.807, 2.05) is 0 Å². The quantitative estimate of drug-likeness (QED) is 0.137. The molecule has 220 valence electrons. The van der Waals surface area contributed by atoms with Crippen LogP contribution in [0.4, 0.5) is 0 Å². The molecular weight excluding hydrogens is 560 g/mol. The van der Waals surface area contributed by atoms with Gasteiger partial charge in [0, 0.05) is 22.1 Å². The van der Waals surface area contributed by atoms with E-state index >= 15 is 0 Å². The summed E-state index contributed by atoms with van der Waals surface area (Å²) in [5, 5.41) is 4.45. The van der Waals surface area contributed by atoms with Crippen LogP contribution in [0.25, 0.3) is 43.6 Å². The van der Waals surface area contributed by atoms with Gasteiger partial charge in [-0.25, -0.2) is 0 Å². The van der Waals surface area contributed by atoms with Crippen molar-refractivity contribution in [2.75, 3.05) is 13.2 Å². The van der Waals surface area contributed by atoms with Crippen molar-refractivity contribution in [2.45, 2.75) is 23.4 Å². The number of hydrogen-bond acceptors (Lipinski definition) is 3. The minimum Gasteiger partial charge on any atom is -0.369 e. The van der Waals surface area contributed by atoms with Crippen LogP contribution < -0.4 is 0 Å². The maximum atomic E-state index is 7.96. The first-order valence-electron chi connectivity index (χ1n) is 15.5. The maximum absolute atomic E-state index is 7.96. The minimum atomic E-state index is -1.04. The smallest absolute Gasteiger partial charge is 0.177 e. The van der Waals surface area contributed by atoms with Crippen LogP contribution in [0, 0.1) is 0 Å². The Labute approximate surface area is 258 Å². The summed E-state index contributed by atoms with van der Waals surface area (Å²) >= 11 is 0. The van der Waals surface area contributed by atoms with E-state index in [0.717, 1.165) is 66.4 Å². The van der Waals surface area contributed by atoms with Gasteiger partial charge in [-0.1, -0.05) is 72.8 Å². The summed E-state index contributed by atoms with van der Waals surface area (Å²) in [5.41, 5.74) is 5.79. The first-order valence-corrected chi connectivity index (χ1v) is 15.5. The largest absolute Gasteiger partial charge is 0.369 e. The molecule has 0 amide bonds. The Hall–Kier alpha value is -5.08. The Morgan fingerprint density at radius 3 is 0.956 bits per heavy atom. The van der Waals surface area contributed by atoms with Gasteiger partial charge in [0.05, 0.1) is 36.0 Å². The molecule has 2 atom stereocenters. The summed E-state index contributed by atoms with van der Waals surface area (Å²) in [6.07, 6.45) is -0.490. The second-order valence-corrected chi connectivity index (χ2v) is 12.3. The van der Waals surface area contributed by atoms with Crippen LogP contribution in [0.5, 0.6) is 0 Å². The van der Waals surface area contributed by atoms with Gasteiger partial charge in [-0.3, -0.25) is 0 Å². The van der Waals surface area contributed by atoms with Gasteiger partial charge in [0.15, 0.2) is 11.2 Å². The summed E-state index contributed by atoms with van der Waals surface area (Å²) in [6.45, 7) is 1.12. The third kappa shape index (κ3) is 3.75. The predicted molar refractivity (Wildman–Crippen MR) is 175 cm³/mol. The van der Waals surface area contributed by atoms with Gasteiger partial charge in [0.2, 0.25) is 0 Å². The number of rotatable bonds is 8. The van der Waals surface area contributed by atoms with E-state index in [-0.39, 0.29) is 12.2 Å². The third-order valence-electron chi connectivity index (χ3n) is 9.62. The molecule has 7 heteroatoms. The van der Waals surface area contributed by atoms with E-state index in [0.29, 0.717) is 13.2 Å². The van der Waals surface area contributed by atoms with Crippen molar-refractivity contribution in [3.63, 3.8) is 0 Å². The average Bonchev–Trinajstić information content (AvgIpc) is 3.90. The fourth-order valence-electron chi connectivity index (χ4n) is 7.25. The molecule has 2 aliphatic heterocycles. The number of para-hydroxylation sites is 4. The summed E-state index contributed by atoms with van der Waals surface area (Å²) in [4.78, 5) is 15.0. The van der Waals surface area contributed by atoms with Crippen LogP contribution in [0.3, 0.4) is 0 Å². The predicted octanol–water partition coefficient (Wildman–Crippen LogP) is 7.61. The van der Waals surface area contributed by atoms with Gasteiger partial charge in [-0.2, -0.15) is 0 Å². The molecule has 4 N–H and O–H groups in total. The second-order valence-electron chi connectivity index (χ2n) is 12.3. The van der Waals surface area contributed by atoms with Gasteiger partial charge in [-0.05, 0) is 70.1 Å². The lowest BCUT2D eigenvalue weighted by atomic mass is 9.85. The van der Waals surface area contributed by atoms with Crippen molar-refractivity contribution in [2.24, 2.45) is 0 Å². The average molecular weight is 591 g/mol. The lowest BCUT2D eigenvalue weighted by Crippen LogP contribution is -2.50. The zero-order valence-electron chi connectivity index (χ0n) is 24.3. The number of ether oxygens (including phenoxy) is 3. The Morgan fingerprint density at radius 1 is 0.444 bits per heavy atom. The molecule has 10 rings (SSSR count). The highest BCUT2D eigenvalue weighted by atomic mass is 16.6. The van der Waals surface area contributed by atoms with Gasteiger partial charge < -0.3 is 34.1 Å². The Morgan fingerprint density at radius 2 is 0.711 bits per heavy atom. The van der Waals surface area contributed by atoms with Crippen molar-refractivity contribution < 1.29 is 14.2 Å². The lowest BCUT2D eigenvalue weighted by molar-refractivity contribution is -0.153. The molecule has 2 aliphatic rings. The van der Waals surface area contributed by atoms with Crippen LogP contribution in [0.2, 0.25) is 0 Å². The molecule has 2 fully saturated rings. The number of H-pyrrole nitrogens is 4. The standard InChI is InChI=1S/C38H30N4O3/c1-5-13-27-23(9-1)17-31(39-27)37(35-21-43-35,32-18-24-10-2-6-14-28(24)40-32)45-38(36-22-44-36,33-19-25-11-3-7-15-29(25)41-33)34-20-26-12-4-8-16-30(26)42-34/h1-20,35-36,39-42H,21-22H2. The van der Waals surface area contributed by atoms with Crippen molar-refractivity contribution in [1.29, 1.82) is 0 Å². The van der Waals surface area contributed by atoms with E-state index < -0.39 is 11.2 Å². The molecule has 6 heterocycles. The normalized spacial score (nSPS) is 18.4. The van der Waals surface area contributed by atoms with E-state index in [4.69, 9.17) is 14.2 Å². The van der Waals surface area contributed by atoms with Crippen LogP contribution in [0.15, 0.2) is 121 Å². The fourth-order valence-corrected chi connectivity index (χ4v) is 7.25. The van der Waals surface area contributed by atoms with Gasteiger partial charge in [-0.15, -0.1) is 0 Å². The monoisotopic (exact) mass is 590 g/mol. The Balaban J connectivity index is 1.29. The van der Waals surface area contributed by atoms with E-state index in [1.54, 1.807) is 0 Å². The molecule has 2 saturated heterocycles. The summed E-state index contributed by atoms with van der Waals surface area (Å²) in [5.74, 6) is 0. The van der Waals surface area contributed by atoms with Crippen molar-refractivity contribution >= 4 is 43.6 Å². The highest BCUT2D eigenvalue weighted by Crippen LogP contribution is 2.54. The molecule has 8 aromatic rings. The Kier molecular flexibility index (Phi) is 5.18. The Bertz CT molecular complexity index is 1920. The highest BCUT2D eigenvalue weighted by molar-refractivity contribution is 5.84. The first-order chi connectivity index (χ1) is 22.2. The summed E-state index contributed by atoms with van der Waals surface area (Å²) in [6, 6.07) is 42.3. The zero-order valence-corrected chi connectivity index (χ0v) is 24.3. The minimum absolute atomic E-state index is 0.245. The molecular formula is C38H30N4O3. The lowest BCUT2D eigenvalue weighted by Gasteiger charge is -2.41. The van der Waals surface area contributed by atoms with Gasteiger partial charge in [0.25, 0.3) is 0 Å². The molecule has 7 nitrogen and oxygen atoms in total. The van der Waals surface area contributed by atoms with Crippen LogP contribution >= 0.6 is 0 Å². The summed E-state index contributed by atoms with van der Waals surface area (Å²) < 4.78 is 20.5. The number of nitrogens with one attached hydrogen (secondary N) is 4. The maximum Gasteiger partial charge on any atom is 0.177 e. The van der Waals surface area contributed by atoms with Crippen molar-refractivity contribution in [3.8, 4) is 0 Å². The molecule has 0 aliphatic carbocycles. The molecule has 0 radical (unpaired) electrons. The van der Waals surface area contributed by atoms with E-state index in [2.05, 4.69) is 141 Å². The topological polar surface area (TPSA) is 97.4 Å². The number of fused-ring (bicyclic) bond motifs is 4. The SMILES string of the molecule is c1ccc2[nH]c(C(OC(c3cc4ccccc4[nH]3)(c3cc4ccccc4[nH]3)C3CO3)(c3cc4ccccc4[nH]3)C3CO3)cc2c1. The van der Waals surface area contributed by atoms with Crippen molar-refractivity contribution in [3.05, 3.63) is 144 Å². The van der Waals surface area contributed by atoms with Crippen molar-refractivity contribution in [1.82, 2.24) is 19.9 Å². The number of benzene rings is 4. The highest BCUT2D eigenvalue weighted by Gasteiger charge is 2.63. The summed E-state index contributed by atoms with van der Waals surface area (Å²) in [7, 11) is 0. The molecule has 0 bridgehead atoms. The molecule has 4 aromatic carbocycles. The van der Waals surface area contributed by atoms with Gasteiger partial charge >= 0.3 is 0 Å². The van der Waals surface area contributed by atoms with Crippen LogP contribution in [-0.4, -0.2) is 45.4 Å². The van der Waals surface area contributed by atoms with Crippen LogP contribution in [0.1, 0.15) is 22.8 Å². The molecule has 4 aromatic heterocycles.